The molecule has 3 aromatic heterocycles. The molecule has 3 aromatic rings. The number of methoxy groups -OCH3 is 1. The van der Waals surface area contributed by atoms with Crippen LogP contribution in [0.25, 0.3) is 16.7 Å². The lowest BCUT2D eigenvalue weighted by molar-refractivity contribution is -0.503. The fourth-order valence-corrected chi connectivity index (χ4v) is 5.46. The maximum absolute atomic E-state index is 13.0. The van der Waals surface area contributed by atoms with Crippen LogP contribution in [0.1, 0.15) is 18.5 Å². The second-order valence-corrected chi connectivity index (χ2v) is 9.50. The zero-order valence-corrected chi connectivity index (χ0v) is 16.9. The summed E-state index contributed by atoms with van der Waals surface area (Å²) in [6.07, 6.45) is 2.80. The molecule has 0 amide bonds. The number of pyridine rings is 1. The van der Waals surface area contributed by atoms with E-state index in [2.05, 4.69) is 9.98 Å². The Morgan fingerprint density at radius 2 is 2.24 bits per heavy atom. The van der Waals surface area contributed by atoms with Gasteiger partial charge in [0.15, 0.2) is 15.9 Å². The van der Waals surface area contributed by atoms with Crippen molar-refractivity contribution in [1.82, 2.24) is 8.97 Å². The fraction of sp³-hybridized carbons (Fsp3) is 0.421. The van der Waals surface area contributed by atoms with Gasteiger partial charge in [0.05, 0.1) is 18.5 Å². The van der Waals surface area contributed by atoms with Crippen molar-refractivity contribution in [1.29, 1.82) is 0 Å². The Kier molecular flexibility index (Phi) is 5.13. The minimum Gasteiger partial charge on any atom is -0.458 e. The number of H-pyrrole nitrogens is 1. The monoisotopic (exact) mass is 420 g/mol. The Morgan fingerprint density at radius 1 is 1.41 bits per heavy atom. The fourth-order valence-electron chi connectivity index (χ4n) is 3.79. The Hall–Kier alpha value is -2.72. The minimum atomic E-state index is -3.08. The molecule has 10 heteroatoms. The molecule has 0 bridgehead atoms. The normalized spacial score (nSPS) is 19.3. The number of aromatic amines is 1. The summed E-state index contributed by atoms with van der Waals surface area (Å²) in [6.45, 7) is 1.04. The highest BCUT2D eigenvalue weighted by molar-refractivity contribution is 7.91. The molecule has 29 heavy (non-hydrogen) atoms. The highest BCUT2D eigenvalue weighted by Crippen LogP contribution is 2.15. The van der Waals surface area contributed by atoms with Gasteiger partial charge in [-0.05, 0) is 6.07 Å². The summed E-state index contributed by atoms with van der Waals surface area (Å²) in [5, 5.41) is 11.2. The number of aryl methyl sites for hydroxylation is 1. The SMILES string of the molecule is COCCCn1c(C(O)=[NH+][C@H]2CCS(=O)(=O)C2)cc2c(=O)n3ccccc3[nH+]c21. The molecule has 4 rings (SSSR count). The standard InChI is InChI=1S/C19H22N4O5S/c1-28-9-4-8-22-15(18(24)20-13-6-10-29(26,27)12-13)11-14-17(22)21-16-5-2-3-7-23(16)19(14)25/h2-3,5,7,11,13H,4,6,8-10,12H2,1H3,(H,20,24)/p+2/t13-/m0/s1. The molecule has 0 radical (unpaired) electrons. The van der Waals surface area contributed by atoms with Gasteiger partial charge < -0.3 is 9.84 Å². The summed E-state index contributed by atoms with van der Waals surface area (Å²) in [4.78, 5) is 19.1. The van der Waals surface area contributed by atoms with Gasteiger partial charge in [0.1, 0.15) is 11.1 Å². The maximum Gasteiger partial charge on any atom is 0.398 e. The van der Waals surface area contributed by atoms with E-state index in [-0.39, 0.29) is 29.0 Å². The van der Waals surface area contributed by atoms with Crippen LogP contribution < -0.4 is 15.5 Å². The van der Waals surface area contributed by atoms with Crippen LogP contribution in [0.15, 0.2) is 35.3 Å². The lowest BCUT2D eigenvalue weighted by Gasteiger charge is -2.04. The van der Waals surface area contributed by atoms with E-state index in [1.54, 1.807) is 31.5 Å². The Balaban J connectivity index is 1.85. The second kappa shape index (κ2) is 7.60. The molecule has 0 spiro atoms. The third-order valence-electron chi connectivity index (χ3n) is 5.20. The number of nitrogens with zero attached hydrogens (tertiary/aromatic N) is 2. The first-order chi connectivity index (χ1) is 13.9. The van der Waals surface area contributed by atoms with E-state index in [1.165, 1.54) is 4.40 Å². The van der Waals surface area contributed by atoms with E-state index in [4.69, 9.17) is 4.74 Å². The zero-order valence-electron chi connectivity index (χ0n) is 16.1. The predicted molar refractivity (Wildman–Crippen MR) is 107 cm³/mol. The largest absolute Gasteiger partial charge is 0.458 e. The molecule has 3 N–H and O–H groups in total. The molecule has 154 valence electrons. The van der Waals surface area contributed by atoms with Gasteiger partial charge in [0.25, 0.3) is 0 Å². The Bertz CT molecular complexity index is 1260. The molecular formula is C19H24N4O5S+2. The van der Waals surface area contributed by atoms with E-state index in [0.29, 0.717) is 48.4 Å². The third kappa shape index (κ3) is 3.77. The van der Waals surface area contributed by atoms with Gasteiger partial charge >= 0.3 is 11.5 Å². The molecule has 1 atom stereocenters. The quantitative estimate of drug-likeness (QED) is 0.291. The third-order valence-corrected chi connectivity index (χ3v) is 6.97. The van der Waals surface area contributed by atoms with E-state index < -0.39 is 9.84 Å². The average molecular weight is 420 g/mol. The first-order valence-electron chi connectivity index (χ1n) is 9.48. The lowest BCUT2D eigenvalue weighted by Crippen LogP contribution is -2.80. The Morgan fingerprint density at radius 3 is 2.97 bits per heavy atom. The average Bonchev–Trinajstić information content (AvgIpc) is 3.22. The van der Waals surface area contributed by atoms with Crippen molar-refractivity contribution in [3.8, 4) is 0 Å². The van der Waals surface area contributed by atoms with Crippen LogP contribution in [0, 0.1) is 0 Å². The molecule has 9 nitrogen and oxygen atoms in total. The number of ether oxygens (including phenoxy) is 1. The molecular weight excluding hydrogens is 396 g/mol. The molecule has 0 aromatic carbocycles. The number of rotatable bonds is 6. The van der Waals surface area contributed by atoms with Crippen molar-refractivity contribution in [2.24, 2.45) is 0 Å². The van der Waals surface area contributed by atoms with Crippen LogP contribution >= 0.6 is 0 Å². The highest BCUT2D eigenvalue weighted by atomic mass is 32.2. The van der Waals surface area contributed by atoms with Gasteiger partial charge in [-0.25, -0.2) is 27.8 Å². The topological polar surface area (TPSA) is 118 Å². The van der Waals surface area contributed by atoms with Crippen LogP contribution in [-0.2, 0) is 21.1 Å². The Labute approximate surface area is 167 Å². The first-order valence-corrected chi connectivity index (χ1v) is 11.3. The van der Waals surface area contributed by atoms with E-state index in [9.17, 15) is 18.3 Å². The maximum atomic E-state index is 13.0. The van der Waals surface area contributed by atoms with Gasteiger partial charge in [-0.15, -0.1) is 0 Å². The van der Waals surface area contributed by atoms with Gasteiger partial charge in [-0.2, -0.15) is 4.40 Å². The minimum absolute atomic E-state index is 0.0143. The molecule has 4 heterocycles. The number of fused-ring (bicyclic) bond motifs is 2. The van der Waals surface area contributed by atoms with Gasteiger partial charge in [0.2, 0.25) is 17.0 Å². The first kappa shape index (κ1) is 19.6. The van der Waals surface area contributed by atoms with Gasteiger partial charge in [-0.3, -0.25) is 0 Å². The number of sulfone groups is 1. The molecule has 0 aliphatic carbocycles. The summed E-state index contributed by atoms with van der Waals surface area (Å²) in [6, 6.07) is 6.69. The van der Waals surface area contributed by atoms with Gasteiger partial charge in [0, 0.05) is 38.7 Å². The van der Waals surface area contributed by atoms with Crippen LogP contribution in [0.4, 0.5) is 0 Å². The number of aliphatic hydroxyl groups is 1. The molecule has 0 saturated carbocycles. The van der Waals surface area contributed by atoms with Crippen molar-refractivity contribution >= 4 is 32.4 Å². The van der Waals surface area contributed by atoms with E-state index >= 15 is 0 Å². The zero-order chi connectivity index (χ0) is 20.6. The summed E-state index contributed by atoms with van der Waals surface area (Å²) in [5.74, 6) is -0.0443. The summed E-state index contributed by atoms with van der Waals surface area (Å²) in [5.41, 5.74) is 1.47. The van der Waals surface area contributed by atoms with Crippen LogP contribution in [0.2, 0.25) is 0 Å². The highest BCUT2D eigenvalue weighted by Gasteiger charge is 2.34. The van der Waals surface area contributed by atoms with Crippen molar-refractivity contribution < 1.29 is 28.2 Å². The number of hydrogen-bond acceptors (Lipinski definition) is 4. The molecule has 1 fully saturated rings. The number of aromatic nitrogens is 3. The number of aliphatic hydroxyl groups excluding tert-OH is 1. The van der Waals surface area contributed by atoms with E-state index in [0.717, 1.165) is 0 Å². The summed E-state index contributed by atoms with van der Waals surface area (Å²) in [7, 11) is -1.46. The molecule has 1 saturated heterocycles. The predicted octanol–water partition coefficient (Wildman–Crippen LogP) is -1.32. The van der Waals surface area contributed by atoms with Crippen molar-refractivity contribution in [3.05, 3.63) is 46.5 Å². The van der Waals surface area contributed by atoms with Crippen LogP contribution in [0.3, 0.4) is 0 Å². The number of hydrogen-bond donors (Lipinski definition) is 2. The van der Waals surface area contributed by atoms with Crippen molar-refractivity contribution in [2.75, 3.05) is 25.2 Å². The molecule has 1 aliphatic rings. The van der Waals surface area contributed by atoms with E-state index in [1.807, 2.05) is 10.6 Å². The van der Waals surface area contributed by atoms with Crippen LogP contribution in [-0.4, -0.2) is 59.7 Å². The van der Waals surface area contributed by atoms with Crippen molar-refractivity contribution in [2.45, 2.75) is 25.4 Å². The molecule has 0 unspecified atom stereocenters. The van der Waals surface area contributed by atoms with Crippen molar-refractivity contribution in [3.63, 3.8) is 0 Å². The smallest absolute Gasteiger partial charge is 0.398 e. The van der Waals surface area contributed by atoms with Crippen LogP contribution in [0.5, 0.6) is 0 Å². The summed E-state index contributed by atoms with van der Waals surface area (Å²) < 4.78 is 31.9. The second-order valence-electron chi connectivity index (χ2n) is 7.27. The molecule has 1 aliphatic heterocycles. The summed E-state index contributed by atoms with van der Waals surface area (Å²) >= 11 is 0. The lowest BCUT2D eigenvalue weighted by atomic mass is 10.3. The van der Waals surface area contributed by atoms with Gasteiger partial charge in [-0.1, -0.05) is 6.07 Å². The number of nitrogens with one attached hydrogen (secondary N) is 2.